The molecule has 3 aromatic carbocycles. The number of aromatic amines is 1. The second-order valence-electron chi connectivity index (χ2n) is 6.76. The van der Waals surface area contributed by atoms with Crippen molar-refractivity contribution < 1.29 is 26.0 Å². The summed E-state index contributed by atoms with van der Waals surface area (Å²) in [5.74, 6) is -0.570. The normalized spacial score (nSPS) is 12.4. The molecule has 10 heteroatoms. The molecule has 0 aliphatic carbocycles. The average Bonchev–Trinajstić information content (AvgIpc) is 3.16. The molecule has 0 spiro atoms. The van der Waals surface area contributed by atoms with Crippen molar-refractivity contribution in [1.29, 1.82) is 0 Å². The van der Waals surface area contributed by atoms with Crippen LogP contribution in [0, 0.1) is 5.82 Å². The summed E-state index contributed by atoms with van der Waals surface area (Å²) >= 11 is 0. The molecule has 0 saturated carbocycles. The smallest absolute Gasteiger partial charge is 0.338 e. The molecule has 0 aliphatic heterocycles. The number of sulfonamides is 1. The fourth-order valence-corrected chi connectivity index (χ4v) is 4.04. The summed E-state index contributed by atoms with van der Waals surface area (Å²) in [6, 6.07) is 15.5. The number of imidazole rings is 1. The maximum absolute atomic E-state index is 14.0. The van der Waals surface area contributed by atoms with Crippen molar-refractivity contribution >= 4 is 21.1 Å². The summed E-state index contributed by atoms with van der Waals surface area (Å²) in [7, 11) is -4.05. The lowest BCUT2D eigenvalue weighted by Gasteiger charge is -2.10. The van der Waals surface area contributed by atoms with E-state index in [1.165, 1.54) is 18.2 Å². The van der Waals surface area contributed by atoms with E-state index in [9.17, 15) is 26.0 Å². The third kappa shape index (κ3) is 4.44. The van der Waals surface area contributed by atoms with Gasteiger partial charge < -0.3 is 4.98 Å². The molecule has 0 bridgehead atoms. The van der Waals surface area contributed by atoms with Gasteiger partial charge in [-0.3, -0.25) is 0 Å². The van der Waals surface area contributed by atoms with E-state index in [1.807, 2.05) is 30.3 Å². The summed E-state index contributed by atoms with van der Waals surface area (Å²) < 4.78 is 79.4. The molecular weight excluding hydrogens is 434 g/mol. The molecule has 4 rings (SSSR count). The summed E-state index contributed by atoms with van der Waals surface area (Å²) in [6.07, 6.45) is -4.68. The van der Waals surface area contributed by atoms with Crippen LogP contribution >= 0.6 is 0 Å². The highest BCUT2D eigenvalue weighted by Crippen LogP contribution is 2.30. The Morgan fingerprint density at radius 3 is 2.39 bits per heavy atom. The molecule has 5 nitrogen and oxygen atoms in total. The number of rotatable bonds is 5. The monoisotopic (exact) mass is 449 g/mol. The van der Waals surface area contributed by atoms with Gasteiger partial charge in [0, 0.05) is 17.7 Å². The lowest BCUT2D eigenvalue weighted by Crippen LogP contribution is -2.24. The van der Waals surface area contributed by atoms with Gasteiger partial charge in [-0.1, -0.05) is 36.4 Å². The predicted octanol–water partition coefficient (Wildman–Crippen LogP) is 4.87. The average molecular weight is 449 g/mol. The molecule has 0 aliphatic rings. The maximum Gasteiger partial charge on any atom is 0.416 e. The summed E-state index contributed by atoms with van der Waals surface area (Å²) in [5, 5.41) is 0. The standard InChI is InChI=1S/C21H15F4N3O2S/c22-17-10-15(21(23,24)25)7-6-14(17)12-26-31(29,30)16-8-9-18-19(11-16)28-20(27-18)13-4-2-1-3-5-13/h1-11,26H,12H2,(H,27,28). The zero-order chi connectivity index (χ0) is 22.2. The lowest BCUT2D eigenvalue weighted by atomic mass is 10.1. The topological polar surface area (TPSA) is 74.8 Å². The van der Waals surface area contributed by atoms with E-state index in [-0.39, 0.29) is 10.5 Å². The number of H-pyrrole nitrogens is 1. The Hall–Kier alpha value is -3.24. The quantitative estimate of drug-likeness (QED) is 0.427. The van der Waals surface area contributed by atoms with Crippen molar-refractivity contribution in [2.24, 2.45) is 0 Å². The fraction of sp³-hybridized carbons (Fsp3) is 0.0952. The van der Waals surface area contributed by atoms with Crippen LogP contribution in [0.4, 0.5) is 17.6 Å². The molecule has 2 N–H and O–H groups in total. The molecule has 31 heavy (non-hydrogen) atoms. The van der Waals surface area contributed by atoms with Crippen LogP contribution in [-0.4, -0.2) is 18.4 Å². The van der Waals surface area contributed by atoms with Crippen LogP contribution in [-0.2, 0) is 22.7 Å². The van der Waals surface area contributed by atoms with E-state index >= 15 is 0 Å². The van der Waals surface area contributed by atoms with Gasteiger partial charge in [-0.05, 0) is 30.3 Å². The number of nitrogens with one attached hydrogen (secondary N) is 2. The third-order valence-corrected chi connectivity index (χ3v) is 6.04. The maximum atomic E-state index is 14.0. The number of benzene rings is 3. The Kier molecular flexibility index (Phi) is 5.28. The van der Waals surface area contributed by atoms with Crippen LogP contribution in [0.1, 0.15) is 11.1 Å². The molecule has 4 aromatic rings. The number of halogens is 4. The summed E-state index contributed by atoms with van der Waals surface area (Å²) in [6.45, 7) is -0.497. The molecule has 0 saturated heterocycles. The van der Waals surface area contributed by atoms with Gasteiger partial charge >= 0.3 is 6.18 Å². The SMILES string of the molecule is O=S(=O)(NCc1ccc(C(F)(F)F)cc1F)c1ccc2nc(-c3ccccc3)[nH]c2c1. The van der Waals surface area contributed by atoms with Crippen molar-refractivity contribution in [3.8, 4) is 11.4 Å². The van der Waals surface area contributed by atoms with E-state index < -0.39 is 34.1 Å². The summed E-state index contributed by atoms with van der Waals surface area (Å²) in [5.41, 5.74) is 0.536. The van der Waals surface area contributed by atoms with E-state index in [0.29, 0.717) is 29.0 Å². The lowest BCUT2D eigenvalue weighted by molar-refractivity contribution is -0.137. The molecule has 0 atom stereocenters. The van der Waals surface area contributed by atoms with Crippen molar-refractivity contribution in [2.45, 2.75) is 17.6 Å². The number of fused-ring (bicyclic) bond motifs is 1. The summed E-state index contributed by atoms with van der Waals surface area (Å²) in [4.78, 5) is 7.40. The number of alkyl halides is 3. The van der Waals surface area contributed by atoms with Crippen molar-refractivity contribution in [3.05, 3.63) is 83.7 Å². The first-order valence-corrected chi connectivity index (χ1v) is 10.5. The number of hydrogen-bond donors (Lipinski definition) is 2. The highest BCUT2D eigenvalue weighted by Gasteiger charge is 2.31. The first-order chi connectivity index (χ1) is 14.6. The highest BCUT2D eigenvalue weighted by molar-refractivity contribution is 7.89. The van der Waals surface area contributed by atoms with Gasteiger partial charge in [0.1, 0.15) is 11.6 Å². The predicted molar refractivity (Wildman–Crippen MR) is 107 cm³/mol. The van der Waals surface area contributed by atoms with Crippen LogP contribution in [0.3, 0.4) is 0 Å². The second kappa shape index (κ2) is 7.78. The van der Waals surface area contributed by atoms with Gasteiger partial charge in [0.05, 0.1) is 21.5 Å². The molecule has 160 valence electrons. The molecule has 1 aromatic heterocycles. The van der Waals surface area contributed by atoms with E-state index in [1.54, 1.807) is 0 Å². The Labute approximate surface area is 174 Å². The van der Waals surface area contributed by atoms with Gasteiger partial charge in [-0.15, -0.1) is 0 Å². The van der Waals surface area contributed by atoms with Gasteiger partial charge in [0.25, 0.3) is 0 Å². The van der Waals surface area contributed by atoms with Gasteiger partial charge in [-0.2, -0.15) is 13.2 Å². The second-order valence-corrected chi connectivity index (χ2v) is 8.53. The molecule has 1 heterocycles. The van der Waals surface area contributed by atoms with Crippen LogP contribution in [0.25, 0.3) is 22.4 Å². The molecule has 0 unspecified atom stereocenters. The zero-order valence-corrected chi connectivity index (χ0v) is 16.6. The number of aromatic nitrogens is 2. The largest absolute Gasteiger partial charge is 0.416 e. The van der Waals surface area contributed by atoms with Crippen LogP contribution in [0.5, 0.6) is 0 Å². The Morgan fingerprint density at radius 1 is 0.968 bits per heavy atom. The van der Waals surface area contributed by atoms with Crippen molar-refractivity contribution in [1.82, 2.24) is 14.7 Å². The van der Waals surface area contributed by atoms with Crippen LogP contribution < -0.4 is 4.72 Å². The minimum atomic E-state index is -4.68. The third-order valence-electron chi connectivity index (χ3n) is 4.64. The van der Waals surface area contributed by atoms with E-state index in [4.69, 9.17) is 0 Å². The van der Waals surface area contributed by atoms with Crippen LogP contribution in [0.15, 0.2) is 71.6 Å². The number of hydrogen-bond acceptors (Lipinski definition) is 3. The highest BCUT2D eigenvalue weighted by atomic mass is 32.2. The molecule has 0 amide bonds. The molecule has 0 fully saturated rings. The van der Waals surface area contributed by atoms with Gasteiger partial charge in [-0.25, -0.2) is 22.5 Å². The number of nitrogens with zero attached hydrogens (tertiary/aromatic N) is 1. The first kappa shape index (κ1) is 21.0. The van der Waals surface area contributed by atoms with Crippen molar-refractivity contribution in [2.75, 3.05) is 0 Å². The molecule has 0 radical (unpaired) electrons. The van der Waals surface area contributed by atoms with Crippen molar-refractivity contribution in [3.63, 3.8) is 0 Å². The Bertz CT molecular complexity index is 1350. The molecular formula is C21H15F4N3O2S. The minimum Gasteiger partial charge on any atom is -0.338 e. The minimum absolute atomic E-state index is 0.0874. The van der Waals surface area contributed by atoms with Gasteiger partial charge in [0.2, 0.25) is 10.0 Å². The zero-order valence-electron chi connectivity index (χ0n) is 15.7. The Balaban J connectivity index is 1.56. The van der Waals surface area contributed by atoms with Gasteiger partial charge in [0.15, 0.2) is 0 Å². The fourth-order valence-electron chi connectivity index (χ4n) is 3.01. The first-order valence-electron chi connectivity index (χ1n) is 9.04. The van der Waals surface area contributed by atoms with Crippen LogP contribution in [0.2, 0.25) is 0 Å². The Morgan fingerprint density at radius 2 is 1.71 bits per heavy atom. The van der Waals surface area contributed by atoms with E-state index in [2.05, 4.69) is 14.7 Å². The van der Waals surface area contributed by atoms with E-state index in [0.717, 1.165) is 11.6 Å².